The van der Waals surface area contributed by atoms with Crippen LogP contribution in [-0.4, -0.2) is 41.6 Å². The zero-order chi connectivity index (χ0) is 14.6. The van der Waals surface area contributed by atoms with Gasteiger partial charge in [0.2, 0.25) is 0 Å². The summed E-state index contributed by atoms with van der Waals surface area (Å²) in [6, 6.07) is 4.26. The van der Waals surface area contributed by atoms with Gasteiger partial charge in [-0.3, -0.25) is 9.88 Å². The SMILES string of the molecule is c1cncc(N2CCN(C34CC5CC(CC(C5)C3)C4)CC2)c1. The van der Waals surface area contributed by atoms with Gasteiger partial charge in [-0.2, -0.15) is 0 Å². The van der Waals surface area contributed by atoms with E-state index in [9.17, 15) is 0 Å². The lowest BCUT2D eigenvalue weighted by Gasteiger charge is -2.61. The quantitative estimate of drug-likeness (QED) is 0.836. The summed E-state index contributed by atoms with van der Waals surface area (Å²) in [5.74, 6) is 3.17. The van der Waals surface area contributed by atoms with E-state index in [0.717, 1.165) is 17.8 Å². The molecule has 1 aliphatic heterocycles. The molecule has 5 aliphatic rings. The van der Waals surface area contributed by atoms with Crippen molar-refractivity contribution in [2.24, 2.45) is 17.8 Å². The van der Waals surface area contributed by atoms with E-state index in [-0.39, 0.29) is 0 Å². The molecule has 4 bridgehead atoms. The summed E-state index contributed by atoms with van der Waals surface area (Å²) in [7, 11) is 0. The number of aromatic nitrogens is 1. The molecular formula is C19H27N3. The Labute approximate surface area is 133 Å². The minimum Gasteiger partial charge on any atom is -0.368 e. The molecule has 0 unspecified atom stereocenters. The van der Waals surface area contributed by atoms with Gasteiger partial charge in [-0.05, 0) is 68.4 Å². The van der Waals surface area contributed by atoms with E-state index in [1.54, 1.807) is 19.3 Å². The van der Waals surface area contributed by atoms with Gasteiger partial charge in [0, 0.05) is 37.9 Å². The summed E-state index contributed by atoms with van der Waals surface area (Å²) < 4.78 is 0. The molecule has 3 nitrogen and oxygen atoms in total. The third kappa shape index (κ3) is 2.09. The molecule has 2 heterocycles. The van der Waals surface area contributed by atoms with Crippen molar-refractivity contribution in [1.82, 2.24) is 9.88 Å². The van der Waals surface area contributed by atoms with Gasteiger partial charge in [0.25, 0.3) is 0 Å². The fraction of sp³-hybridized carbons (Fsp3) is 0.737. The van der Waals surface area contributed by atoms with Crippen molar-refractivity contribution in [3.63, 3.8) is 0 Å². The highest BCUT2D eigenvalue weighted by molar-refractivity contribution is 5.44. The first-order valence-electron chi connectivity index (χ1n) is 9.21. The van der Waals surface area contributed by atoms with Gasteiger partial charge in [0.1, 0.15) is 0 Å². The standard InChI is InChI=1S/C19H27N3/c1-2-18(14-20-3-1)21-4-6-22(7-5-21)19-11-15-8-16(12-19)10-17(9-15)13-19/h1-3,14-17H,4-13H2. The van der Waals surface area contributed by atoms with E-state index >= 15 is 0 Å². The van der Waals surface area contributed by atoms with Crippen LogP contribution in [0.25, 0.3) is 0 Å². The minimum absolute atomic E-state index is 0.593. The summed E-state index contributed by atoms with van der Waals surface area (Å²) in [5, 5.41) is 0. The van der Waals surface area contributed by atoms with Gasteiger partial charge in [0.05, 0.1) is 11.9 Å². The average Bonchev–Trinajstić information content (AvgIpc) is 2.55. The van der Waals surface area contributed by atoms with Crippen molar-refractivity contribution < 1.29 is 0 Å². The monoisotopic (exact) mass is 297 g/mol. The van der Waals surface area contributed by atoms with Crippen LogP contribution in [0.5, 0.6) is 0 Å². The summed E-state index contributed by atoms with van der Waals surface area (Å²) in [6.45, 7) is 4.85. The summed E-state index contributed by atoms with van der Waals surface area (Å²) in [5.41, 5.74) is 1.89. The maximum Gasteiger partial charge on any atom is 0.0553 e. The van der Waals surface area contributed by atoms with Gasteiger partial charge < -0.3 is 4.90 Å². The van der Waals surface area contributed by atoms with Crippen LogP contribution in [0, 0.1) is 17.8 Å². The van der Waals surface area contributed by atoms with Crippen molar-refractivity contribution >= 4 is 5.69 Å². The molecule has 0 atom stereocenters. The summed E-state index contributed by atoms with van der Waals surface area (Å²) >= 11 is 0. The van der Waals surface area contributed by atoms with Gasteiger partial charge in [-0.15, -0.1) is 0 Å². The van der Waals surface area contributed by atoms with E-state index in [1.807, 2.05) is 12.4 Å². The smallest absolute Gasteiger partial charge is 0.0553 e. The molecule has 1 aromatic rings. The summed E-state index contributed by atoms with van der Waals surface area (Å²) in [6.07, 6.45) is 13.1. The third-order valence-electron chi connectivity index (χ3n) is 6.97. The second kappa shape index (κ2) is 4.95. The fourth-order valence-electron chi connectivity index (χ4n) is 6.43. The van der Waals surface area contributed by atoms with Crippen LogP contribution in [0.1, 0.15) is 38.5 Å². The zero-order valence-electron chi connectivity index (χ0n) is 13.5. The predicted molar refractivity (Wildman–Crippen MR) is 88.9 cm³/mol. The Morgan fingerprint density at radius 2 is 1.55 bits per heavy atom. The molecule has 1 saturated heterocycles. The lowest BCUT2D eigenvalue weighted by Crippen LogP contribution is -2.63. The van der Waals surface area contributed by atoms with Crippen LogP contribution in [0.15, 0.2) is 24.5 Å². The first kappa shape index (κ1) is 13.4. The maximum atomic E-state index is 4.28. The average molecular weight is 297 g/mol. The molecule has 118 valence electrons. The van der Waals surface area contributed by atoms with E-state index in [1.165, 1.54) is 51.1 Å². The number of hydrogen-bond donors (Lipinski definition) is 0. The highest BCUT2D eigenvalue weighted by Gasteiger charge is 2.53. The number of pyridine rings is 1. The van der Waals surface area contributed by atoms with Crippen LogP contribution in [0.3, 0.4) is 0 Å². The van der Waals surface area contributed by atoms with E-state index in [0.29, 0.717) is 5.54 Å². The predicted octanol–water partition coefficient (Wildman–Crippen LogP) is 3.17. The number of piperazine rings is 1. The van der Waals surface area contributed by atoms with Crippen molar-refractivity contribution in [2.75, 3.05) is 31.1 Å². The van der Waals surface area contributed by atoms with Gasteiger partial charge in [-0.25, -0.2) is 0 Å². The topological polar surface area (TPSA) is 19.4 Å². The molecule has 5 fully saturated rings. The van der Waals surface area contributed by atoms with Gasteiger partial charge in [0.15, 0.2) is 0 Å². The van der Waals surface area contributed by atoms with Crippen molar-refractivity contribution in [1.29, 1.82) is 0 Å². The largest absolute Gasteiger partial charge is 0.368 e. The van der Waals surface area contributed by atoms with Crippen LogP contribution < -0.4 is 4.90 Å². The second-order valence-electron chi connectivity index (χ2n) is 8.33. The van der Waals surface area contributed by atoms with Gasteiger partial charge >= 0.3 is 0 Å². The number of nitrogens with zero attached hydrogens (tertiary/aromatic N) is 3. The normalized spacial score (nSPS) is 41.1. The Hall–Kier alpha value is -1.09. The minimum atomic E-state index is 0.593. The fourth-order valence-corrected chi connectivity index (χ4v) is 6.43. The molecule has 3 heteroatoms. The van der Waals surface area contributed by atoms with Crippen LogP contribution >= 0.6 is 0 Å². The third-order valence-corrected chi connectivity index (χ3v) is 6.97. The lowest BCUT2D eigenvalue weighted by atomic mass is 9.52. The highest BCUT2D eigenvalue weighted by atomic mass is 15.3. The second-order valence-corrected chi connectivity index (χ2v) is 8.33. The van der Waals surface area contributed by atoms with E-state index < -0.39 is 0 Å². The molecule has 4 aliphatic carbocycles. The molecule has 0 amide bonds. The van der Waals surface area contributed by atoms with Crippen molar-refractivity contribution in [2.45, 2.75) is 44.1 Å². The van der Waals surface area contributed by atoms with Crippen LogP contribution in [0.4, 0.5) is 5.69 Å². The highest BCUT2D eigenvalue weighted by Crippen LogP contribution is 2.57. The molecule has 4 saturated carbocycles. The molecule has 0 aromatic carbocycles. The Bertz CT molecular complexity index is 498. The number of anilines is 1. The first-order valence-corrected chi connectivity index (χ1v) is 9.21. The van der Waals surface area contributed by atoms with E-state index in [4.69, 9.17) is 0 Å². The zero-order valence-corrected chi connectivity index (χ0v) is 13.5. The number of hydrogen-bond acceptors (Lipinski definition) is 3. The first-order chi connectivity index (χ1) is 10.8. The van der Waals surface area contributed by atoms with Crippen LogP contribution in [0.2, 0.25) is 0 Å². The molecule has 6 rings (SSSR count). The van der Waals surface area contributed by atoms with Crippen molar-refractivity contribution in [3.05, 3.63) is 24.5 Å². The van der Waals surface area contributed by atoms with Crippen molar-refractivity contribution in [3.8, 4) is 0 Å². The number of rotatable bonds is 2. The Balaban J connectivity index is 1.30. The Kier molecular flexibility index (Phi) is 3.01. The Morgan fingerprint density at radius 1 is 0.909 bits per heavy atom. The van der Waals surface area contributed by atoms with Crippen LogP contribution in [-0.2, 0) is 0 Å². The molecule has 0 N–H and O–H groups in total. The lowest BCUT2D eigenvalue weighted by molar-refractivity contribution is -0.0901. The molecule has 22 heavy (non-hydrogen) atoms. The van der Waals surface area contributed by atoms with E-state index in [2.05, 4.69) is 26.9 Å². The summed E-state index contributed by atoms with van der Waals surface area (Å²) in [4.78, 5) is 9.69. The maximum absolute atomic E-state index is 4.28. The molecule has 0 spiro atoms. The van der Waals surface area contributed by atoms with Gasteiger partial charge in [-0.1, -0.05) is 0 Å². The molecule has 0 radical (unpaired) electrons. The molecule has 1 aromatic heterocycles. The molecular weight excluding hydrogens is 270 g/mol. The Morgan fingerprint density at radius 3 is 2.09 bits per heavy atom.